The number of aliphatic hydroxyl groups excluding tert-OH is 5. The molecule has 7 unspecified atom stereocenters. The van der Waals surface area contributed by atoms with Crippen molar-refractivity contribution in [1.29, 1.82) is 0 Å². The number of ether oxygens (including phenoxy) is 2. The zero-order chi connectivity index (χ0) is 36.7. The maximum Gasteiger partial charge on any atom is 0.220 e. The summed E-state index contributed by atoms with van der Waals surface area (Å²) in [6, 6.07) is -0.814. The largest absolute Gasteiger partial charge is 0.394 e. The molecule has 0 saturated carbocycles. The van der Waals surface area contributed by atoms with Crippen LogP contribution in [-0.4, -0.2) is 87.5 Å². The first-order valence-electron chi connectivity index (χ1n) is 20.6. The minimum atomic E-state index is -1.57. The van der Waals surface area contributed by atoms with Crippen LogP contribution in [0.5, 0.6) is 0 Å². The second kappa shape index (κ2) is 32.3. The van der Waals surface area contributed by atoms with E-state index in [2.05, 4.69) is 31.3 Å². The van der Waals surface area contributed by atoms with E-state index in [1.54, 1.807) is 6.08 Å². The minimum absolute atomic E-state index is 0.188. The average Bonchev–Trinajstić information content (AvgIpc) is 3.11. The van der Waals surface area contributed by atoms with Crippen LogP contribution >= 0.6 is 0 Å². The molecule has 9 heteroatoms. The second-order valence-electron chi connectivity index (χ2n) is 14.4. The molecule has 7 atom stereocenters. The predicted octanol–water partition coefficient (Wildman–Crippen LogP) is 7.55. The van der Waals surface area contributed by atoms with E-state index in [4.69, 9.17) is 9.47 Å². The summed E-state index contributed by atoms with van der Waals surface area (Å²) in [5.74, 6) is -0.188. The molecule has 1 amide bonds. The molecule has 1 aliphatic heterocycles. The van der Waals surface area contributed by atoms with Gasteiger partial charge in [0.15, 0.2) is 6.29 Å². The normalized spacial score (nSPS) is 22.4. The Bertz CT molecular complexity index is 837. The lowest BCUT2D eigenvalue weighted by Crippen LogP contribution is -2.60. The van der Waals surface area contributed by atoms with Gasteiger partial charge in [0.25, 0.3) is 0 Å². The minimum Gasteiger partial charge on any atom is -0.394 e. The fraction of sp³-hybridized carbons (Fsp3) is 0.878. The van der Waals surface area contributed by atoms with Crippen molar-refractivity contribution in [2.24, 2.45) is 0 Å². The van der Waals surface area contributed by atoms with Crippen LogP contribution in [0.2, 0.25) is 0 Å². The number of allylic oxidation sites excluding steroid dienone is 3. The van der Waals surface area contributed by atoms with Gasteiger partial charge in [-0.1, -0.05) is 160 Å². The third-order valence-electron chi connectivity index (χ3n) is 9.78. The van der Waals surface area contributed by atoms with Crippen molar-refractivity contribution in [3.8, 4) is 0 Å². The molecule has 0 spiro atoms. The number of hydrogen-bond acceptors (Lipinski definition) is 8. The van der Waals surface area contributed by atoms with E-state index in [9.17, 15) is 30.3 Å². The Kier molecular flexibility index (Phi) is 30.2. The van der Waals surface area contributed by atoms with Crippen LogP contribution in [0.1, 0.15) is 174 Å². The van der Waals surface area contributed by atoms with Crippen molar-refractivity contribution in [3.05, 3.63) is 24.3 Å². The van der Waals surface area contributed by atoms with Gasteiger partial charge in [-0.2, -0.15) is 0 Å². The molecule has 6 N–H and O–H groups in total. The third kappa shape index (κ3) is 23.3. The first kappa shape index (κ1) is 46.7. The number of aliphatic hydroxyl groups is 5. The second-order valence-corrected chi connectivity index (χ2v) is 14.4. The van der Waals surface area contributed by atoms with Gasteiger partial charge in [0.2, 0.25) is 5.91 Å². The highest BCUT2D eigenvalue weighted by Crippen LogP contribution is 2.22. The lowest BCUT2D eigenvalue weighted by Gasteiger charge is -2.40. The lowest BCUT2D eigenvalue weighted by atomic mass is 9.99. The van der Waals surface area contributed by atoms with E-state index >= 15 is 0 Å². The first-order chi connectivity index (χ1) is 24.3. The topological polar surface area (TPSA) is 149 Å². The monoisotopic (exact) mass is 712 g/mol. The van der Waals surface area contributed by atoms with Gasteiger partial charge in [-0.25, -0.2) is 0 Å². The Morgan fingerprint density at radius 1 is 0.660 bits per heavy atom. The summed E-state index contributed by atoms with van der Waals surface area (Å²) in [6.45, 7) is 3.73. The van der Waals surface area contributed by atoms with E-state index in [-0.39, 0.29) is 12.5 Å². The smallest absolute Gasteiger partial charge is 0.220 e. The van der Waals surface area contributed by atoms with Crippen molar-refractivity contribution >= 4 is 5.91 Å². The van der Waals surface area contributed by atoms with E-state index in [0.717, 1.165) is 38.5 Å². The van der Waals surface area contributed by atoms with Gasteiger partial charge < -0.3 is 40.3 Å². The number of hydrogen-bond donors (Lipinski definition) is 6. The number of nitrogens with one attached hydrogen (secondary N) is 1. The number of carbonyl (C=O) groups excluding carboxylic acids is 1. The summed E-state index contributed by atoms with van der Waals surface area (Å²) < 4.78 is 11.2. The SMILES string of the molecule is CCCCCCCCC/C=C/CC/C=C/C(O)C(COC1OC(CO)C(O)C(O)C1O)NC(=O)CCCCCCCCCCCCCCCC. The van der Waals surface area contributed by atoms with Gasteiger partial charge in [-0.3, -0.25) is 4.79 Å². The van der Waals surface area contributed by atoms with Crippen molar-refractivity contribution in [1.82, 2.24) is 5.32 Å². The van der Waals surface area contributed by atoms with Crippen LogP contribution in [0.3, 0.4) is 0 Å². The highest BCUT2D eigenvalue weighted by atomic mass is 16.7. The summed E-state index contributed by atoms with van der Waals surface area (Å²) in [6.07, 6.45) is 29.3. The van der Waals surface area contributed by atoms with E-state index < -0.39 is 49.5 Å². The Morgan fingerprint density at radius 2 is 1.14 bits per heavy atom. The number of rotatable bonds is 33. The van der Waals surface area contributed by atoms with Crippen LogP contribution in [0.4, 0.5) is 0 Å². The summed E-state index contributed by atoms with van der Waals surface area (Å²) in [4.78, 5) is 12.9. The fourth-order valence-electron chi connectivity index (χ4n) is 6.41. The molecule has 0 radical (unpaired) electrons. The summed E-state index contributed by atoms with van der Waals surface area (Å²) >= 11 is 0. The van der Waals surface area contributed by atoms with Gasteiger partial charge in [0.05, 0.1) is 25.4 Å². The van der Waals surface area contributed by atoms with Crippen LogP contribution in [0.15, 0.2) is 24.3 Å². The van der Waals surface area contributed by atoms with Crippen molar-refractivity contribution in [3.63, 3.8) is 0 Å². The molecular weight excluding hydrogens is 634 g/mol. The van der Waals surface area contributed by atoms with Gasteiger partial charge in [0.1, 0.15) is 24.4 Å². The molecular formula is C41H77NO8. The van der Waals surface area contributed by atoms with Crippen LogP contribution < -0.4 is 5.32 Å². The van der Waals surface area contributed by atoms with Crippen molar-refractivity contribution in [2.75, 3.05) is 13.2 Å². The van der Waals surface area contributed by atoms with E-state index in [0.29, 0.717) is 6.42 Å². The van der Waals surface area contributed by atoms with Crippen LogP contribution in [-0.2, 0) is 14.3 Å². The van der Waals surface area contributed by atoms with E-state index in [1.807, 2.05) is 6.08 Å². The molecule has 1 fully saturated rings. The summed E-state index contributed by atoms with van der Waals surface area (Å²) in [5.41, 5.74) is 0. The average molecular weight is 712 g/mol. The lowest BCUT2D eigenvalue weighted by molar-refractivity contribution is -0.302. The zero-order valence-corrected chi connectivity index (χ0v) is 31.9. The Hall–Kier alpha value is -1.33. The highest BCUT2D eigenvalue weighted by Gasteiger charge is 2.44. The number of carbonyl (C=O) groups is 1. The molecule has 0 aliphatic carbocycles. The summed E-state index contributed by atoms with van der Waals surface area (Å²) in [7, 11) is 0. The molecule has 1 saturated heterocycles. The molecule has 0 aromatic carbocycles. The molecule has 1 aliphatic rings. The molecule has 0 aromatic rings. The van der Waals surface area contributed by atoms with Crippen molar-refractivity contribution in [2.45, 2.75) is 217 Å². The Morgan fingerprint density at radius 3 is 1.68 bits per heavy atom. The van der Waals surface area contributed by atoms with E-state index in [1.165, 1.54) is 116 Å². The first-order valence-corrected chi connectivity index (χ1v) is 20.6. The van der Waals surface area contributed by atoms with Crippen LogP contribution in [0.25, 0.3) is 0 Å². The van der Waals surface area contributed by atoms with Gasteiger partial charge in [-0.05, 0) is 32.1 Å². The van der Waals surface area contributed by atoms with Gasteiger partial charge in [0, 0.05) is 6.42 Å². The molecule has 294 valence electrons. The summed E-state index contributed by atoms with van der Waals surface area (Å²) in [5, 5.41) is 53.9. The van der Waals surface area contributed by atoms with Crippen LogP contribution in [0, 0.1) is 0 Å². The molecule has 9 nitrogen and oxygen atoms in total. The van der Waals surface area contributed by atoms with Gasteiger partial charge >= 0.3 is 0 Å². The number of amides is 1. The molecule has 50 heavy (non-hydrogen) atoms. The van der Waals surface area contributed by atoms with Gasteiger partial charge in [-0.15, -0.1) is 0 Å². The molecule has 1 heterocycles. The molecule has 0 bridgehead atoms. The quantitative estimate of drug-likeness (QED) is 0.0302. The molecule has 1 rings (SSSR count). The highest BCUT2D eigenvalue weighted by molar-refractivity contribution is 5.76. The third-order valence-corrected chi connectivity index (χ3v) is 9.78. The zero-order valence-electron chi connectivity index (χ0n) is 31.9. The predicted molar refractivity (Wildman–Crippen MR) is 203 cm³/mol. The Balaban J connectivity index is 2.44. The maximum atomic E-state index is 12.9. The fourth-order valence-corrected chi connectivity index (χ4v) is 6.41. The van der Waals surface area contributed by atoms with Crippen molar-refractivity contribution < 1.29 is 39.8 Å². The Labute approximate surface area is 305 Å². The maximum absolute atomic E-state index is 12.9. The standard InChI is InChI=1S/C41H77NO8/c1-3-5-7-9-11-13-15-17-19-21-23-25-27-29-31-37(45)42-34(33-49-41-40(48)39(47)38(46)36(32-43)50-41)35(44)30-28-26-24-22-20-18-16-14-12-10-8-6-4-2/h20,22,28,30,34-36,38-41,43-44,46-48H,3-19,21,23-27,29,31-33H2,1-2H3,(H,42,45)/b22-20+,30-28+. The number of unbranched alkanes of at least 4 members (excludes halogenated alkanes) is 21. The molecule has 0 aromatic heterocycles.